The SMILES string of the molecule is CO[C@H]1/C=C/CCC[S@@](=O)(NC(=O)C2CC2)=NC(=O)c2ccc3c(c2)N(CC[C@H]1C)C[C@@]1(CCCc2cc(Cl)ccc21)CO3. The summed E-state index contributed by atoms with van der Waals surface area (Å²) in [5, 5.41) is 0.743. The van der Waals surface area contributed by atoms with Crippen LogP contribution in [0.1, 0.15) is 73.4 Å². The molecule has 2 aliphatic heterocycles. The molecule has 2 aliphatic carbocycles. The van der Waals surface area contributed by atoms with Gasteiger partial charge in [-0.05, 0) is 98.7 Å². The Bertz CT molecular complexity index is 1580. The van der Waals surface area contributed by atoms with Gasteiger partial charge >= 0.3 is 0 Å². The van der Waals surface area contributed by atoms with E-state index in [-0.39, 0.29) is 35.0 Å². The van der Waals surface area contributed by atoms with E-state index in [1.165, 1.54) is 11.1 Å². The summed E-state index contributed by atoms with van der Waals surface area (Å²) in [4.78, 5) is 28.6. The lowest BCUT2D eigenvalue weighted by atomic mass is 9.70. The van der Waals surface area contributed by atoms with E-state index in [0.717, 1.165) is 62.3 Å². The number of fused-ring (bicyclic) bond motifs is 3. The molecule has 8 nitrogen and oxygen atoms in total. The van der Waals surface area contributed by atoms with Gasteiger partial charge in [0.1, 0.15) is 15.7 Å². The minimum Gasteiger partial charge on any atom is -0.490 e. The number of nitrogens with zero attached hydrogens (tertiary/aromatic N) is 2. The standard InChI is InChI=1S/C34H42ClN3O5S/c1-23-15-17-38-21-34(16-6-7-25-19-27(35)12-13-28(25)34)22-43-31-14-11-26(20-29(31)38)33(40)37-44(41,36-32(39)24-9-10-24)18-5-3-4-8-30(23)42-2/h4,8,11-14,19-20,23-24,30H,3,5-7,9-10,15-18,21-22H2,1-2H3,(H,36,37,39,40,41)/b8-4+/t23-,30+,34+,44-/m1/s1. The molecule has 6 rings (SSSR count). The lowest BCUT2D eigenvalue weighted by molar-refractivity contribution is -0.120. The van der Waals surface area contributed by atoms with Crippen molar-refractivity contribution in [3.05, 3.63) is 70.3 Å². The van der Waals surface area contributed by atoms with Crippen LogP contribution in [0.5, 0.6) is 5.75 Å². The van der Waals surface area contributed by atoms with Gasteiger partial charge in [-0.1, -0.05) is 36.7 Å². The second-order valence-corrected chi connectivity index (χ2v) is 15.4. The van der Waals surface area contributed by atoms with Gasteiger partial charge in [0.15, 0.2) is 0 Å². The fraction of sp³-hybridized carbons (Fsp3) is 0.529. The molecular formula is C34H42ClN3O5S. The highest BCUT2D eigenvalue weighted by atomic mass is 35.5. The van der Waals surface area contributed by atoms with E-state index in [1.807, 2.05) is 24.3 Å². The van der Waals surface area contributed by atoms with Crippen LogP contribution in [0.4, 0.5) is 5.69 Å². The maximum absolute atomic E-state index is 13.9. The molecule has 2 bridgehead atoms. The summed E-state index contributed by atoms with van der Waals surface area (Å²) in [5.74, 6) is 0.00744. The number of hydrogen-bond acceptors (Lipinski definition) is 6. The Labute approximate surface area is 265 Å². The molecule has 236 valence electrons. The third-order valence-corrected chi connectivity index (χ3v) is 11.6. The van der Waals surface area contributed by atoms with Gasteiger partial charge in [-0.2, -0.15) is 0 Å². The number of carbonyl (C=O) groups is 2. The van der Waals surface area contributed by atoms with E-state index < -0.39 is 15.8 Å². The van der Waals surface area contributed by atoms with Crippen LogP contribution in [-0.2, 0) is 31.3 Å². The lowest BCUT2D eigenvalue weighted by Gasteiger charge is -2.41. The van der Waals surface area contributed by atoms with E-state index >= 15 is 0 Å². The number of halogens is 1. The number of aryl methyl sites for hydroxylation is 1. The zero-order valence-corrected chi connectivity index (χ0v) is 27.1. The number of nitrogens with one attached hydrogen (secondary N) is 1. The number of carbonyl (C=O) groups excluding carboxylic acids is 2. The Kier molecular flexibility index (Phi) is 9.09. The second kappa shape index (κ2) is 12.9. The molecule has 2 aromatic carbocycles. The molecule has 4 atom stereocenters. The summed E-state index contributed by atoms with van der Waals surface area (Å²) < 4.78 is 33.2. The maximum Gasteiger partial charge on any atom is 0.286 e. The van der Waals surface area contributed by atoms with Crippen molar-refractivity contribution >= 4 is 39.0 Å². The fourth-order valence-electron chi connectivity index (χ4n) is 6.83. The van der Waals surface area contributed by atoms with Gasteiger partial charge in [0.25, 0.3) is 5.91 Å². The van der Waals surface area contributed by atoms with Crippen molar-refractivity contribution in [3.8, 4) is 5.75 Å². The Balaban J connectivity index is 1.41. The number of hydrogen-bond donors (Lipinski definition) is 1. The van der Waals surface area contributed by atoms with Crippen LogP contribution in [-0.4, -0.2) is 54.7 Å². The largest absolute Gasteiger partial charge is 0.490 e. The van der Waals surface area contributed by atoms with E-state index in [4.69, 9.17) is 21.1 Å². The van der Waals surface area contributed by atoms with Crippen LogP contribution in [0.15, 0.2) is 52.9 Å². The summed E-state index contributed by atoms with van der Waals surface area (Å²) in [6.07, 6.45) is 10.6. The van der Waals surface area contributed by atoms with Gasteiger partial charge in [0.2, 0.25) is 5.91 Å². The Hall–Kier alpha value is -2.88. The van der Waals surface area contributed by atoms with Crippen LogP contribution in [0, 0.1) is 11.8 Å². The lowest BCUT2D eigenvalue weighted by Crippen LogP contribution is -2.46. The van der Waals surface area contributed by atoms with Gasteiger partial charge in [-0.3, -0.25) is 14.3 Å². The fourth-order valence-corrected chi connectivity index (χ4v) is 8.67. The predicted molar refractivity (Wildman–Crippen MR) is 174 cm³/mol. The Morgan fingerprint density at radius 3 is 2.82 bits per heavy atom. The number of benzene rings is 2. The molecular weight excluding hydrogens is 598 g/mol. The summed E-state index contributed by atoms with van der Waals surface area (Å²) >= 11 is 6.40. The second-order valence-electron chi connectivity index (χ2n) is 12.8. The molecule has 2 heterocycles. The van der Waals surface area contributed by atoms with Crippen LogP contribution >= 0.6 is 11.6 Å². The molecule has 44 heavy (non-hydrogen) atoms. The van der Waals surface area contributed by atoms with E-state index in [1.54, 1.807) is 13.2 Å². The minimum atomic E-state index is -3.30. The average Bonchev–Trinajstić information content (AvgIpc) is 3.86. The first-order valence-electron chi connectivity index (χ1n) is 15.8. The Morgan fingerprint density at radius 2 is 2.02 bits per heavy atom. The van der Waals surface area contributed by atoms with E-state index in [2.05, 4.69) is 39.1 Å². The van der Waals surface area contributed by atoms with E-state index in [9.17, 15) is 13.8 Å². The van der Waals surface area contributed by atoms with Crippen LogP contribution < -0.4 is 14.4 Å². The zero-order valence-electron chi connectivity index (χ0n) is 25.6. The van der Waals surface area contributed by atoms with Crippen LogP contribution in [0.3, 0.4) is 0 Å². The molecule has 4 aliphatic rings. The maximum atomic E-state index is 13.9. The van der Waals surface area contributed by atoms with Crippen molar-refractivity contribution < 1.29 is 23.3 Å². The molecule has 0 unspecified atom stereocenters. The average molecular weight is 640 g/mol. The number of allylic oxidation sites excluding steroid dienone is 1. The highest BCUT2D eigenvalue weighted by Crippen LogP contribution is 2.45. The molecule has 1 spiro atoms. The van der Waals surface area contributed by atoms with Gasteiger partial charge in [-0.15, -0.1) is 4.36 Å². The summed E-state index contributed by atoms with van der Waals surface area (Å²) in [7, 11) is -1.56. The number of ether oxygens (including phenoxy) is 2. The summed E-state index contributed by atoms with van der Waals surface area (Å²) in [6, 6.07) is 11.5. The quantitative estimate of drug-likeness (QED) is 0.399. The Morgan fingerprint density at radius 1 is 1.18 bits per heavy atom. The molecule has 1 saturated carbocycles. The molecule has 0 aromatic heterocycles. The monoisotopic (exact) mass is 639 g/mol. The van der Waals surface area contributed by atoms with Crippen molar-refractivity contribution in [1.29, 1.82) is 0 Å². The zero-order chi connectivity index (χ0) is 30.9. The molecule has 0 saturated heterocycles. The smallest absolute Gasteiger partial charge is 0.286 e. The molecule has 0 radical (unpaired) electrons. The highest BCUT2D eigenvalue weighted by molar-refractivity contribution is 7.92. The van der Waals surface area contributed by atoms with Gasteiger partial charge in [0.05, 0.1) is 24.2 Å². The van der Waals surface area contributed by atoms with Crippen LogP contribution in [0.25, 0.3) is 0 Å². The van der Waals surface area contributed by atoms with Crippen LogP contribution in [0.2, 0.25) is 5.02 Å². The van der Waals surface area contributed by atoms with Crippen molar-refractivity contribution in [3.63, 3.8) is 0 Å². The first-order chi connectivity index (χ1) is 21.2. The van der Waals surface area contributed by atoms with Crippen molar-refractivity contribution in [1.82, 2.24) is 4.72 Å². The van der Waals surface area contributed by atoms with Crippen molar-refractivity contribution in [2.24, 2.45) is 16.2 Å². The number of anilines is 1. The highest BCUT2D eigenvalue weighted by Gasteiger charge is 2.42. The van der Waals surface area contributed by atoms with Crippen molar-refractivity contribution in [2.75, 3.05) is 37.5 Å². The summed E-state index contributed by atoms with van der Waals surface area (Å²) in [6.45, 7) is 4.17. The first kappa shape index (κ1) is 31.1. The minimum absolute atomic E-state index is 0.0753. The number of amides is 2. The topological polar surface area (TPSA) is 97.3 Å². The molecule has 10 heteroatoms. The van der Waals surface area contributed by atoms with Gasteiger partial charge < -0.3 is 14.4 Å². The number of rotatable bonds is 3. The number of methoxy groups -OCH3 is 1. The molecule has 1 N–H and O–H groups in total. The van der Waals surface area contributed by atoms with Crippen molar-refractivity contribution in [2.45, 2.75) is 69.8 Å². The normalized spacial score (nSPS) is 30.0. The van der Waals surface area contributed by atoms with Gasteiger partial charge in [0, 0.05) is 42.1 Å². The molecule has 2 amide bonds. The molecule has 1 fully saturated rings. The predicted octanol–water partition coefficient (Wildman–Crippen LogP) is 6.25. The first-order valence-corrected chi connectivity index (χ1v) is 17.9. The molecule has 2 aromatic rings. The third kappa shape index (κ3) is 6.70. The van der Waals surface area contributed by atoms with Gasteiger partial charge in [-0.25, -0.2) is 4.21 Å². The van der Waals surface area contributed by atoms with E-state index in [0.29, 0.717) is 30.8 Å². The third-order valence-electron chi connectivity index (χ3n) is 9.53. The summed E-state index contributed by atoms with van der Waals surface area (Å²) in [5.41, 5.74) is 3.45.